The van der Waals surface area contributed by atoms with Crippen LogP contribution in [0.5, 0.6) is 5.75 Å². The molecule has 0 aliphatic carbocycles. The summed E-state index contributed by atoms with van der Waals surface area (Å²) in [4.78, 5) is 4.44. The predicted octanol–water partition coefficient (Wildman–Crippen LogP) is 2.99. The molecule has 7 heteroatoms. The smallest absolute Gasteiger partial charge is 0.244 e. The van der Waals surface area contributed by atoms with Gasteiger partial charge in [0.15, 0.2) is 5.82 Å². The molecule has 1 aliphatic rings. The molecule has 1 aromatic carbocycles. The van der Waals surface area contributed by atoms with Crippen molar-refractivity contribution in [3.8, 4) is 5.75 Å². The summed E-state index contributed by atoms with van der Waals surface area (Å²) in [6.45, 7) is 5.52. The Balaban J connectivity index is 1.66. The van der Waals surface area contributed by atoms with Crippen molar-refractivity contribution in [1.29, 1.82) is 0 Å². The van der Waals surface area contributed by atoms with Gasteiger partial charge in [-0.25, -0.2) is 0 Å². The van der Waals surface area contributed by atoms with Crippen molar-refractivity contribution in [1.82, 2.24) is 15.2 Å². The maximum atomic E-state index is 5.80. The summed E-state index contributed by atoms with van der Waals surface area (Å²) < 4.78 is 11.4. The van der Waals surface area contributed by atoms with Crippen molar-refractivity contribution in [3.05, 3.63) is 30.5 Å². The third-order valence-corrected chi connectivity index (χ3v) is 3.58. The number of anilines is 3. The lowest BCUT2D eigenvalue weighted by Crippen LogP contribution is -2.20. The SMILES string of the molecule is CC(C)Oc1ccccc1Nc1cnnc(NCC2CCCO2)n1. The molecule has 2 heterocycles. The number of para-hydroxylation sites is 2. The first kappa shape index (κ1) is 16.4. The molecule has 1 atom stereocenters. The summed E-state index contributed by atoms with van der Waals surface area (Å²) in [6, 6.07) is 7.75. The third-order valence-electron chi connectivity index (χ3n) is 3.58. The summed E-state index contributed by atoms with van der Waals surface area (Å²) in [7, 11) is 0. The van der Waals surface area contributed by atoms with E-state index in [0.717, 1.165) is 30.9 Å². The molecule has 0 saturated carbocycles. The van der Waals surface area contributed by atoms with Crippen molar-refractivity contribution >= 4 is 17.5 Å². The number of nitrogens with zero attached hydrogens (tertiary/aromatic N) is 3. The van der Waals surface area contributed by atoms with Gasteiger partial charge in [-0.1, -0.05) is 12.1 Å². The Morgan fingerprint density at radius 1 is 1.33 bits per heavy atom. The Morgan fingerprint density at radius 2 is 2.21 bits per heavy atom. The average molecular weight is 329 g/mol. The van der Waals surface area contributed by atoms with Gasteiger partial charge in [0, 0.05) is 13.2 Å². The Bertz CT molecular complexity index is 659. The summed E-state index contributed by atoms with van der Waals surface area (Å²) in [5.74, 6) is 1.87. The first-order valence-corrected chi connectivity index (χ1v) is 8.28. The monoisotopic (exact) mass is 329 g/mol. The molecule has 3 rings (SSSR count). The minimum absolute atomic E-state index is 0.0973. The van der Waals surface area contributed by atoms with Crippen LogP contribution in [0.3, 0.4) is 0 Å². The van der Waals surface area contributed by atoms with E-state index in [1.54, 1.807) is 6.20 Å². The van der Waals surface area contributed by atoms with Gasteiger partial charge in [-0.05, 0) is 38.8 Å². The van der Waals surface area contributed by atoms with E-state index in [1.807, 2.05) is 38.1 Å². The van der Waals surface area contributed by atoms with Crippen LogP contribution in [0.25, 0.3) is 0 Å². The fourth-order valence-corrected chi connectivity index (χ4v) is 2.51. The number of hydrogen-bond donors (Lipinski definition) is 2. The van der Waals surface area contributed by atoms with Crippen LogP contribution in [0.4, 0.5) is 17.5 Å². The standard InChI is InChI=1S/C17H23N5O2/c1-12(2)24-15-8-4-3-7-14(15)20-16-11-19-22-17(21-16)18-10-13-6-5-9-23-13/h3-4,7-8,11-13H,5-6,9-10H2,1-2H3,(H2,18,20,21,22). The molecule has 2 N–H and O–H groups in total. The second-order valence-electron chi connectivity index (χ2n) is 5.97. The van der Waals surface area contributed by atoms with Crippen LogP contribution in [0, 0.1) is 0 Å². The number of ether oxygens (including phenoxy) is 2. The van der Waals surface area contributed by atoms with Crippen molar-refractivity contribution in [2.24, 2.45) is 0 Å². The normalized spacial score (nSPS) is 17.0. The van der Waals surface area contributed by atoms with Crippen LogP contribution in [0.2, 0.25) is 0 Å². The highest BCUT2D eigenvalue weighted by molar-refractivity contribution is 5.64. The minimum atomic E-state index is 0.0973. The Labute approximate surface area is 141 Å². The number of rotatable bonds is 7. The molecule has 1 saturated heterocycles. The number of aromatic nitrogens is 3. The lowest BCUT2D eigenvalue weighted by atomic mass is 10.2. The highest BCUT2D eigenvalue weighted by atomic mass is 16.5. The van der Waals surface area contributed by atoms with E-state index < -0.39 is 0 Å². The fraction of sp³-hybridized carbons (Fsp3) is 0.471. The van der Waals surface area contributed by atoms with Gasteiger partial charge in [0.1, 0.15) is 5.75 Å². The van der Waals surface area contributed by atoms with Gasteiger partial charge in [0.05, 0.1) is 24.1 Å². The quantitative estimate of drug-likeness (QED) is 0.808. The van der Waals surface area contributed by atoms with Crippen LogP contribution in [-0.4, -0.2) is 40.5 Å². The van der Waals surface area contributed by atoms with E-state index in [-0.39, 0.29) is 12.2 Å². The van der Waals surface area contributed by atoms with Gasteiger partial charge in [-0.2, -0.15) is 10.1 Å². The van der Waals surface area contributed by atoms with Gasteiger partial charge in [0.2, 0.25) is 5.95 Å². The maximum absolute atomic E-state index is 5.80. The van der Waals surface area contributed by atoms with E-state index in [9.17, 15) is 0 Å². The molecule has 128 valence electrons. The molecule has 1 fully saturated rings. The summed E-state index contributed by atoms with van der Waals surface area (Å²) >= 11 is 0. The van der Waals surface area contributed by atoms with Crippen molar-refractivity contribution < 1.29 is 9.47 Å². The molecule has 0 radical (unpaired) electrons. The summed E-state index contributed by atoms with van der Waals surface area (Å²) in [5.41, 5.74) is 0.844. The Hall–Kier alpha value is -2.41. The molecule has 1 aromatic heterocycles. The summed E-state index contributed by atoms with van der Waals surface area (Å²) in [5, 5.41) is 14.4. The van der Waals surface area contributed by atoms with E-state index in [1.165, 1.54) is 0 Å². The van der Waals surface area contributed by atoms with Crippen LogP contribution in [0.1, 0.15) is 26.7 Å². The highest BCUT2D eigenvalue weighted by Gasteiger charge is 2.15. The highest BCUT2D eigenvalue weighted by Crippen LogP contribution is 2.27. The van der Waals surface area contributed by atoms with Crippen molar-refractivity contribution in [2.45, 2.75) is 38.9 Å². The predicted molar refractivity (Wildman–Crippen MR) is 92.8 cm³/mol. The molecule has 1 unspecified atom stereocenters. The average Bonchev–Trinajstić information content (AvgIpc) is 3.08. The van der Waals surface area contributed by atoms with Crippen LogP contribution in [0.15, 0.2) is 30.5 Å². The molecule has 7 nitrogen and oxygen atoms in total. The molecular weight excluding hydrogens is 306 g/mol. The van der Waals surface area contributed by atoms with E-state index in [4.69, 9.17) is 9.47 Å². The second kappa shape index (κ2) is 7.92. The molecule has 2 aromatic rings. The van der Waals surface area contributed by atoms with E-state index in [0.29, 0.717) is 18.3 Å². The molecule has 0 bridgehead atoms. The van der Waals surface area contributed by atoms with E-state index in [2.05, 4.69) is 25.8 Å². The zero-order valence-electron chi connectivity index (χ0n) is 14.0. The lowest BCUT2D eigenvalue weighted by molar-refractivity contribution is 0.120. The lowest BCUT2D eigenvalue weighted by Gasteiger charge is -2.15. The first-order valence-electron chi connectivity index (χ1n) is 8.28. The number of benzene rings is 1. The van der Waals surface area contributed by atoms with E-state index >= 15 is 0 Å². The van der Waals surface area contributed by atoms with Gasteiger partial charge < -0.3 is 20.1 Å². The number of nitrogens with one attached hydrogen (secondary N) is 2. The minimum Gasteiger partial charge on any atom is -0.489 e. The molecule has 24 heavy (non-hydrogen) atoms. The topological polar surface area (TPSA) is 81.2 Å². The fourth-order valence-electron chi connectivity index (χ4n) is 2.51. The van der Waals surface area contributed by atoms with Crippen molar-refractivity contribution in [3.63, 3.8) is 0 Å². The first-order chi connectivity index (χ1) is 11.7. The van der Waals surface area contributed by atoms with Crippen LogP contribution < -0.4 is 15.4 Å². The molecule has 0 spiro atoms. The Kier molecular flexibility index (Phi) is 5.43. The second-order valence-corrected chi connectivity index (χ2v) is 5.97. The Morgan fingerprint density at radius 3 is 3.00 bits per heavy atom. The van der Waals surface area contributed by atoms with Crippen LogP contribution in [-0.2, 0) is 4.74 Å². The molecular formula is C17H23N5O2. The third kappa shape index (κ3) is 4.55. The largest absolute Gasteiger partial charge is 0.489 e. The van der Waals surface area contributed by atoms with Gasteiger partial charge in [0.25, 0.3) is 0 Å². The zero-order valence-corrected chi connectivity index (χ0v) is 14.0. The maximum Gasteiger partial charge on any atom is 0.244 e. The van der Waals surface area contributed by atoms with Crippen LogP contribution >= 0.6 is 0 Å². The molecule has 1 aliphatic heterocycles. The zero-order chi connectivity index (χ0) is 16.8. The van der Waals surface area contributed by atoms with Gasteiger partial charge in [-0.15, -0.1) is 5.10 Å². The van der Waals surface area contributed by atoms with Gasteiger partial charge >= 0.3 is 0 Å². The molecule has 0 amide bonds. The van der Waals surface area contributed by atoms with Gasteiger partial charge in [-0.3, -0.25) is 0 Å². The van der Waals surface area contributed by atoms with Crippen molar-refractivity contribution in [2.75, 3.05) is 23.8 Å². The number of hydrogen-bond acceptors (Lipinski definition) is 7. The summed E-state index contributed by atoms with van der Waals surface area (Å²) in [6.07, 6.45) is 4.09.